The van der Waals surface area contributed by atoms with E-state index in [4.69, 9.17) is 9.47 Å². The second-order valence-electron chi connectivity index (χ2n) is 14.9. The normalized spacial score (nSPS) is 12.4. The van der Waals surface area contributed by atoms with Gasteiger partial charge in [-0.1, -0.05) is 91.0 Å². The van der Waals surface area contributed by atoms with Gasteiger partial charge in [0.05, 0.1) is 0 Å². The molecule has 6 heteroatoms. The first-order chi connectivity index (χ1) is 28.7. The quantitative estimate of drug-likeness (QED) is 0.158. The van der Waals surface area contributed by atoms with Crippen molar-refractivity contribution in [2.75, 3.05) is 9.80 Å². The van der Waals surface area contributed by atoms with Gasteiger partial charge in [0.1, 0.15) is 23.0 Å². The van der Waals surface area contributed by atoms with E-state index < -0.39 is 0 Å². The molecule has 2 aliphatic heterocycles. The molecule has 9 aromatic carbocycles. The molecule has 272 valence electrons. The third-order valence-electron chi connectivity index (χ3n) is 11.5. The largest absolute Gasteiger partial charge is 0.458 e. The fourth-order valence-electron chi connectivity index (χ4n) is 8.89. The Bertz CT molecular complexity index is 3110. The molecule has 3 heterocycles. The van der Waals surface area contributed by atoms with Crippen LogP contribution in [0.5, 0.6) is 23.0 Å². The topological polar surface area (TPSA) is 24.9 Å². The monoisotopic (exact) mass is 760 g/mol. The SMILES string of the molecule is c1ccc(N(c2ccccc2)c2ccc3c(c2)Oc2cccc4c2B3c2cc3sc5cc6cc(N(c7ccccc7)c7ccccc7)ccc6cc5c3cc2O4)cc1. The van der Waals surface area contributed by atoms with Crippen LogP contribution in [0.15, 0.2) is 200 Å². The lowest BCUT2D eigenvalue weighted by Crippen LogP contribution is -2.57. The Morgan fingerprint density at radius 2 is 0.845 bits per heavy atom. The van der Waals surface area contributed by atoms with Crippen LogP contribution in [0, 0.1) is 0 Å². The van der Waals surface area contributed by atoms with E-state index in [1.54, 1.807) is 0 Å². The van der Waals surface area contributed by atoms with E-state index in [9.17, 15) is 0 Å². The molecule has 12 rings (SSSR count). The van der Waals surface area contributed by atoms with Gasteiger partial charge >= 0.3 is 0 Å². The minimum absolute atomic E-state index is 0.0344. The van der Waals surface area contributed by atoms with Crippen LogP contribution in [-0.2, 0) is 0 Å². The molecular formula is C52H33BN2O2S. The van der Waals surface area contributed by atoms with Gasteiger partial charge in [0.25, 0.3) is 6.71 Å². The Hall–Kier alpha value is -7.28. The number of thiophene rings is 1. The second-order valence-corrected chi connectivity index (χ2v) is 16.0. The summed E-state index contributed by atoms with van der Waals surface area (Å²) in [5, 5.41) is 4.87. The van der Waals surface area contributed by atoms with Crippen molar-refractivity contribution in [1.82, 2.24) is 0 Å². The van der Waals surface area contributed by atoms with Crippen molar-refractivity contribution in [3.63, 3.8) is 0 Å². The highest BCUT2D eigenvalue weighted by molar-refractivity contribution is 7.26. The number of anilines is 6. The highest BCUT2D eigenvalue weighted by atomic mass is 32.1. The number of rotatable bonds is 6. The lowest BCUT2D eigenvalue weighted by atomic mass is 9.35. The molecule has 2 aliphatic rings. The number of nitrogens with zero attached hydrogens (tertiary/aromatic N) is 2. The Morgan fingerprint density at radius 3 is 1.43 bits per heavy atom. The smallest absolute Gasteiger partial charge is 0.260 e. The Kier molecular flexibility index (Phi) is 7.47. The van der Waals surface area contributed by atoms with Crippen molar-refractivity contribution in [2.24, 2.45) is 0 Å². The van der Waals surface area contributed by atoms with Crippen molar-refractivity contribution in [1.29, 1.82) is 0 Å². The molecule has 0 aliphatic carbocycles. The predicted molar refractivity (Wildman–Crippen MR) is 244 cm³/mol. The van der Waals surface area contributed by atoms with E-state index in [1.807, 2.05) is 17.4 Å². The van der Waals surface area contributed by atoms with Gasteiger partial charge in [-0.15, -0.1) is 11.3 Å². The first-order valence-electron chi connectivity index (χ1n) is 19.6. The van der Waals surface area contributed by atoms with Crippen LogP contribution < -0.4 is 35.7 Å². The van der Waals surface area contributed by atoms with E-state index in [0.717, 1.165) is 73.5 Å². The third kappa shape index (κ3) is 5.30. The summed E-state index contributed by atoms with van der Waals surface area (Å²) in [6.07, 6.45) is 0. The standard InChI is InChI=1S/C52H33BN2O2S/c1-5-14-36(15-6-1)54(37-16-7-2-8-17-37)40-25-24-34-29-42-43-32-49-45(33-51(43)58-50(42)30-35(34)28-40)53-44-27-26-41(31-48(44)56-46-22-13-23-47(57-49)52(46)53)55(38-18-9-3-10-19-38)39-20-11-4-12-21-39/h1-33H. The predicted octanol–water partition coefficient (Wildman–Crippen LogP) is 12.9. The molecule has 0 radical (unpaired) electrons. The summed E-state index contributed by atoms with van der Waals surface area (Å²) >= 11 is 1.85. The molecule has 0 N–H and O–H groups in total. The molecule has 1 aromatic heterocycles. The maximum Gasteiger partial charge on any atom is 0.260 e. The maximum absolute atomic E-state index is 6.77. The lowest BCUT2D eigenvalue weighted by Gasteiger charge is -2.34. The second kappa shape index (κ2) is 13.2. The number of benzene rings is 9. The van der Waals surface area contributed by atoms with Gasteiger partial charge in [-0.3, -0.25) is 0 Å². The van der Waals surface area contributed by atoms with Crippen molar-refractivity contribution in [3.8, 4) is 23.0 Å². The van der Waals surface area contributed by atoms with Gasteiger partial charge in [0.15, 0.2) is 0 Å². The lowest BCUT2D eigenvalue weighted by molar-refractivity contribution is 0.465. The van der Waals surface area contributed by atoms with Gasteiger partial charge in [-0.25, -0.2) is 0 Å². The Balaban J connectivity index is 0.980. The average Bonchev–Trinajstić information content (AvgIpc) is 3.62. The van der Waals surface area contributed by atoms with Crippen LogP contribution in [0.4, 0.5) is 34.1 Å². The molecule has 0 amide bonds. The van der Waals surface area contributed by atoms with Gasteiger partial charge < -0.3 is 19.3 Å². The zero-order valence-corrected chi connectivity index (χ0v) is 32.1. The third-order valence-corrected chi connectivity index (χ3v) is 12.6. The molecule has 0 saturated heterocycles. The number of hydrogen-bond acceptors (Lipinski definition) is 5. The van der Waals surface area contributed by atoms with Gasteiger partial charge in [0.2, 0.25) is 0 Å². The highest BCUT2D eigenvalue weighted by Crippen LogP contribution is 2.44. The van der Waals surface area contributed by atoms with E-state index >= 15 is 0 Å². The summed E-state index contributed by atoms with van der Waals surface area (Å²) in [4.78, 5) is 4.60. The van der Waals surface area contributed by atoms with Crippen molar-refractivity contribution >= 4 is 99.5 Å². The molecule has 0 fully saturated rings. The number of hydrogen-bond donors (Lipinski definition) is 0. The Labute approximate surface area is 340 Å². The van der Waals surface area contributed by atoms with E-state index in [1.165, 1.54) is 30.9 Å². The van der Waals surface area contributed by atoms with Crippen LogP contribution in [0.25, 0.3) is 30.9 Å². The van der Waals surface area contributed by atoms with Gasteiger partial charge in [-0.2, -0.15) is 0 Å². The molecule has 58 heavy (non-hydrogen) atoms. The van der Waals surface area contributed by atoms with Crippen LogP contribution in [0.3, 0.4) is 0 Å². The molecular weight excluding hydrogens is 727 g/mol. The molecule has 0 atom stereocenters. The minimum atomic E-state index is -0.0344. The van der Waals surface area contributed by atoms with Crippen LogP contribution in [0.2, 0.25) is 0 Å². The molecule has 4 nitrogen and oxygen atoms in total. The van der Waals surface area contributed by atoms with E-state index in [-0.39, 0.29) is 6.71 Å². The molecule has 0 spiro atoms. The zero-order valence-electron chi connectivity index (χ0n) is 31.2. The average molecular weight is 761 g/mol. The summed E-state index contributed by atoms with van der Waals surface area (Å²) in [5.41, 5.74) is 9.96. The minimum Gasteiger partial charge on any atom is -0.458 e. The van der Waals surface area contributed by atoms with Gasteiger partial charge in [-0.05, 0) is 125 Å². The van der Waals surface area contributed by atoms with E-state index in [2.05, 4.69) is 204 Å². The van der Waals surface area contributed by atoms with Crippen molar-refractivity contribution < 1.29 is 9.47 Å². The fourth-order valence-corrected chi connectivity index (χ4v) is 10.1. The summed E-state index contributed by atoms with van der Waals surface area (Å²) in [7, 11) is 0. The van der Waals surface area contributed by atoms with Crippen molar-refractivity contribution in [3.05, 3.63) is 200 Å². The van der Waals surface area contributed by atoms with Crippen LogP contribution in [0.1, 0.15) is 0 Å². The first kappa shape index (κ1) is 32.9. The number of para-hydroxylation sites is 4. The summed E-state index contributed by atoms with van der Waals surface area (Å²) in [6.45, 7) is -0.0344. The van der Waals surface area contributed by atoms with Gasteiger partial charge in [0, 0.05) is 65.8 Å². The van der Waals surface area contributed by atoms with Crippen LogP contribution >= 0.6 is 11.3 Å². The van der Waals surface area contributed by atoms with Crippen LogP contribution in [-0.4, -0.2) is 6.71 Å². The number of ether oxygens (including phenoxy) is 2. The van der Waals surface area contributed by atoms with Crippen molar-refractivity contribution in [2.45, 2.75) is 0 Å². The highest BCUT2D eigenvalue weighted by Gasteiger charge is 2.40. The summed E-state index contributed by atoms with van der Waals surface area (Å²) in [5.74, 6) is 3.43. The molecule has 0 saturated carbocycles. The first-order valence-corrected chi connectivity index (χ1v) is 20.4. The zero-order chi connectivity index (χ0) is 38.2. The molecule has 0 unspecified atom stereocenters. The summed E-state index contributed by atoms with van der Waals surface area (Å²) < 4.78 is 16.0. The molecule has 10 aromatic rings. The Morgan fingerprint density at radius 1 is 0.345 bits per heavy atom. The molecule has 0 bridgehead atoms. The van der Waals surface area contributed by atoms with E-state index in [0.29, 0.717) is 0 Å². The maximum atomic E-state index is 6.77. The summed E-state index contributed by atoms with van der Waals surface area (Å²) in [6, 6.07) is 71.1. The number of fused-ring (bicyclic) bond motifs is 8. The fraction of sp³-hybridized carbons (Fsp3) is 0.